The van der Waals surface area contributed by atoms with Crippen LogP contribution in [0.15, 0.2) is 92.8 Å². The van der Waals surface area contributed by atoms with E-state index < -0.39 is 30.0 Å². The summed E-state index contributed by atoms with van der Waals surface area (Å²) in [5.74, 6) is 0. The van der Waals surface area contributed by atoms with Crippen molar-refractivity contribution in [3.63, 3.8) is 0 Å². The molecular weight excluding hydrogens is 677 g/mol. The quantitative estimate of drug-likeness (QED) is 0.0530. The summed E-state index contributed by atoms with van der Waals surface area (Å²) >= 11 is 0. The highest BCUT2D eigenvalue weighted by atomic mass is 32.2. The van der Waals surface area contributed by atoms with Crippen LogP contribution < -0.4 is 11.5 Å². The molecule has 0 radical (unpaired) electrons. The average molecular weight is 709 g/mol. The second kappa shape index (κ2) is 12.1. The van der Waals surface area contributed by atoms with Crippen LogP contribution in [-0.2, 0) is 20.2 Å². The molecule has 254 valence electrons. The van der Waals surface area contributed by atoms with Gasteiger partial charge in [0.2, 0.25) is 0 Å². The number of nitrogens with two attached hydrogens (primary N) is 2. The van der Waals surface area contributed by atoms with Gasteiger partial charge in [-0.05, 0) is 83.0 Å². The molecule has 0 fully saturated rings. The largest absolute Gasteiger partial charge is 0.396 e. The number of hydrogen-bond acceptors (Lipinski definition) is 10. The van der Waals surface area contributed by atoms with Crippen molar-refractivity contribution in [3.8, 4) is 33.4 Å². The number of nitrogens with one attached hydrogen (secondary N) is 2. The first-order chi connectivity index (χ1) is 23.5. The monoisotopic (exact) mass is 708 g/mol. The summed E-state index contributed by atoms with van der Waals surface area (Å²) in [6.07, 6.45) is 0. The fourth-order valence-electron chi connectivity index (χ4n) is 7.12. The third kappa shape index (κ3) is 5.38. The Kier molecular flexibility index (Phi) is 8.31. The minimum atomic E-state index is -4.89. The van der Waals surface area contributed by atoms with Crippen molar-refractivity contribution in [2.45, 2.75) is 37.5 Å². The third-order valence-corrected chi connectivity index (χ3v) is 10.8. The number of aryl methyl sites for hydroxylation is 4. The summed E-state index contributed by atoms with van der Waals surface area (Å²) < 4.78 is 72.2. The Morgan fingerprint density at radius 3 is 1.06 bits per heavy atom. The standard InChI is InChI=1S/C36H32N6O6S2/c1-17-13-21(14-18(2)27(17)29-23-9-5-7-11-25(23)31(37)33(41-39)35(29)49(43,44)45)22-15-19(3)28(20(4)16-22)30-24-10-6-8-12-26(24)32(38)34(42-40)36(30)50(46,47)48/h5-16,39-40H,37-38H2,1-4H3,(H,43,44,45)(H,46,47,48). The molecule has 6 rings (SSSR count). The molecule has 14 heteroatoms. The SMILES string of the molecule is Cc1cc(-c2cc(C)c(-c3c(S(=O)(=O)O)c(N=N)c(N)c4ccccc34)c(C)c2)cc(C)c1-c1c(S(=O)(=O)O)c(N=N)c(N)c2ccccc12. The van der Waals surface area contributed by atoms with E-state index in [0.29, 0.717) is 54.9 Å². The fraction of sp³-hybridized carbons (Fsp3) is 0.111. The Balaban J connectivity index is 1.62. The van der Waals surface area contributed by atoms with Crippen molar-refractivity contribution < 1.29 is 25.9 Å². The van der Waals surface area contributed by atoms with Gasteiger partial charge in [0.15, 0.2) is 0 Å². The first kappa shape index (κ1) is 34.3. The zero-order valence-electron chi connectivity index (χ0n) is 27.3. The first-order valence-electron chi connectivity index (χ1n) is 15.1. The molecule has 0 bridgehead atoms. The highest BCUT2D eigenvalue weighted by Crippen LogP contribution is 2.50. The lowest BCUT2D eigenvalue weighted by Crippen LogP contribution is -2.07. The van der Waals surface area contributed by atoms with Gasteiger partial charge in [-0.25, -0.2) is 11.1 Å². The number of anilines is 2. The van der Waals surface area contributed by atoms with E-state index in [4.69, 9.17) is 22.5 Å². The molecule has 6 aromatic carbocycles. The third-order valence-electron chi connectivity index (χ3n) is 9.01. The Bertz CT molecular complexity index is 2480. The van der Waals surface area contributed by atoms with Crippen molar-refractivity contribution in [2.75, 3.05) is 11.5 Å². The smallest absolute Gasteiger partial charge is 0.297 e. The summed E-state index contributed by atoms with van der Waals surface area (Å²) in [5.41, 5.74) is 32.8. The van der Waals surface area contributed by atoms with Crippen LogP contribution in [0.4, 0.5) is 22.7 Å². The highest BCUT2D eigenvalue weighted by molar-refractivity contribution is 7.86. The molecule has 0 aliphatic rings. The van der Waals surface area contributed by atoms with Crippen molar-refractivity contribution in [3.05, 3.63) is 95.1 Å². The van der Waals surface area contributed by atoms with E-state index in [9.17, 15) is 25.9 Å². The first-order valence-corrected chi connectivity index (χ1v) is 18.0. The van der Waals surface area contributed by atoms with Gasteiger partial charge in [-0.3, -0.25) is 9.11 Å². The average Bonchev–Trinajstić information content (AvgIpc) is 3.04. The van der Waals surface area contributed by atoms with Crippen LogP contribution in [-0.4, -0.2) is 25.9 Å². The van der Waals surface area contributed by atoms with Crippen LogP contribution in [0.3, 0.4) is 0 Å². The predicted molar refractivity (Wildman–Crippen MR) is 195 cm³/mol. The van der Waals surface area contributed by atoms with Crippen LogP contribution in [0.25, 0.3) is 54.9 Å². The summed E-state index contributed by atoms with van der Waals surface area (Å²) in [6, 6.07) is 21.2. The molecule has 0 amide bonds. The van der Waals surface area contributed by atoms with Crippen LogP contribution in [0.1, 0.15) is 22.3 Å². The molecule has 0 spiro atoms. The van der Waals surface area contributed by atoms with Crippen molar-refractivity contribution in [1.82, 2.24) is 0 Å². The van der Waals surface area contributed by atoms with Crippen LogP contribution in [0, 0.1) is 38.8 Å². The molecule has 0 aliphatic carbocycles. The maximum atomic E-state index is 12.8. The number of nitrogens with zero attached hydrogens (tertiary/aromatic N) is 2. The fourth-order valence-corrected chi connectivity index (χ4v) is 8.86. The van der Waals surface area contributed by atoms with Gasteiger partial charge < -0.3 is 11.5 Å². The summed E-state index contributed by atoms with van der Waals surface area (Å²) in [4.78, 5) is -1.11. The van der Waals surface area contributed by atoms with E-state index in [1.54, 1.807) is 76.2 Å². The Labute approximate surface area is 288 Å². The predicted octanol–water partition coefficient (Wildman–Crippen LogP) is 9.21. The second-order valence-corrected chi connectivity index (χ2v) is 14.9. The van der Waals surface area contributed by atoms with Gasteiger partial charge in [0, 0.05) is 21.9 Å². The molecule has 0 aliphatic heterocycles. The lowest BCUT2D eigenvalue weighted by atomic mass is 9.85. The number of benzene rings is 6. The van der Waals surface area contributed by atoms with Crippen LogP contribution in [0.2, 0.25) is 0 Å². The van der Waals surface area contributed by atoms with E-state index in [-0.39, 0.29) is 33.9 Å². The number of nitrogen functional groups attached to an aromatic ring is 2. The topological polar surface area (TPSA) is 233 Å². The minimum absolute atomic E-state index is 0.0421. The van der Waals surface area contributed by atoms with Crippen LogP contribution >= 0.6 is 0 Å². The second-order valence-electron chi connectivity index (χ2n) is 12.2. The molecule has 0 saturated heterocycles. The molecule has 8 N–H and O–H groups in total. The van der Waals surface area contributed by atoms with Crippen molar-refractivity contribution >= 4 is 64.5 Å². The molecule has 50 heavy (non-hydrogen) atoms. The molecule has 0 atom stereocenters. The van der Waals surface area contributed by atoms with E-state index in [2.05, 4.69) is 10.2 Å². The van der Waals surface area contributed by atoms with E-state index in [0.717, 1.165) is 11.1 Å². The maximum absolute atomic E-state index is 12.8. The number of rotatable bonds is 7. The zero-order valence-corrected chi connectivity index (χ0v) is 29.0. The maximum Gasteiger partial charge on any atom is 0.297 e. The molecule has 6 aromatic rings. The van der Waals surface area contributed by atoms with Gasteiger partial charge in [-0.2, -0.15) is 27.1 Å². The Morgan fingerprint density at radius 1 is 0.520 bits per heavy atom. The molecule has 12 nitrogen and oxygen atoms in total. The summed E-state index contributed by atoms with van der Waals surface area (Å²) in [6.45, 7) is 7.23. The molecule has 0 unspecified atom stereocenters. The van der Waals surface area contributed by atoms with Gasteiger partial charge in [0.05, 0.1) is 11.4 Å². The van der Waals surface area contributed by atoms with Crippen LogP contribution in [0.5, 0.6) is 0 Å². The van der Waals surface area contributed by atoms with Crippen molar-refractivity contribution in [2.24, 2.45) is 10.2 Å². The lowest BCUT2D eigenvalue weighted by molar-refractivity contribution is 0.481. The van der Waals surface area contributed by atoms with Gasteiger partial charge in [0.1, 0.15) is 21.2 Å². The minimum Gasteiger partial charge on any atom is -0.396 e. The molecule has 0 saturated carbocycles. The lowest BCUT2D eigenvalue weighted by Gasteiger charge is -2.22. The van der Waals surface area contributed by atoms with Crippen molar-refractivity contribution in [1.29, 1.82) is 11.1 Å². The normalized spacial score (nSPS) is 12.0. The number of fused-ring (bicyclic) bond motifs is 2. The highest BCUT2D eigenvalue weighted by Gasteiger charge is 2.31. The van der Waals surface area contributed by atoms with Gasteiger partial charge >= 0.3 is 0 Å². The van der Waals surface area contributed by atoms with Gasteiger partial charge in [0.25, 0.3) is 20.2 Å². The van der Waals surface area contributed by atoms with E-state index >= 15 is 0 Å². The van der Waals surface area contributed by atoms with Gasteiger partial charge in [-0.15, -0.1) is 0 Å². The number of hydrogen-bond donors (Lipinski definition) is 6. The Hall–Kier alpha value is -5.54. The van der Waals surface area contributed by atoms with E-state index in [1.807, 2.05) is 24.3 Å². The molecule has 0 aromatic heterocycles. The Morgan fingerprint density at radius 2 is 0.800 bits per heavy atom. The molecule has 0 heterocycles. The van der Waals surface area contributed by atoms with Gasteiger partial charge in [-0.1, -0.05) is 72.8 Å². The zero-order chi connectivity index (χ0) is 36.4. The molecular formula is C36H32N6O6S2. The van der Waals surface area contributed by atoms with E-state index in [1.165, 1.54) is 0 Å². The summed E-state index contributed by atoms with van der Waals surface area (Å²) in [7, 11) is -9.79. The summed E-state index contributed by atoms with van der Waals surface area (Å²) in [5, 5.41) is 8.71.